The summed E-state index contributed by atoms with van der Waals surface area (Å²) in [5.74, 6) is 0.147. The Labute approximate surface area is 157 Å². The van der Waals surface area contributed by atoms with Crippen LogP contribution in [-0.2, 0) is 19.6 Å². The van der Waals surface area contributed by atoms with E-state index in [9.17, 15) is 18.0 Å². The van der Waals surface area contributed by atoms with E-state index in [0.29, 0.717) is 51.9 Å². The fraction of sp³-hybridized carbons (Fsp3) is 0.889. The predicted octanol–water partition coefficient (Wildman–Crippen LogP) is 1.35. The summed E-state index contributed by atoms with van der Waals surface area (Å²) in [5, 5.41) is 2.82. The van der Waals surface area contributed by atoms with Gasteiger partial charge in [0.05, 0.1) is 5.75 Å². The highest BCUT2D eigenvalue weighted by molar-refractivity contribution is 7.89. The first-order valence-electron chi connectivity index (χ1n) is 9.94. The van der Waals surface area contributed by atoms with Gasteiger partial charge in [0.1, 0.15) is 0 Å². The summed E-state index contributed by atoms with van der Waals surface area (Å²) in [6, 6.07) is -0.0235. The Morgan fingerprint density at radius 3 is 2.35 bits per heavy atom. The van der Waals surface area contributed by atoms with Gasteiger partial charge in [0.2, 0.25) is 21.8 Å². The topological polar surface area (TPSA) is 86.8 Å². The van der Waals surface area contributed by atoms with Crippen LogP contribution in [0.2, 0.25) is 0 Å². The van der Waals surface area contributed by atoms with Gasteiger partial charge < -0.3 is 10.2 Å². The quantitative estimate of drug-likeness (QED) is 0.714. The van der Waals surface area contributed by atoms with Crippen LogP contribution in [0.15, 0.2) is 0 Å². The van der Waals surface area contributed by atoms with Crippen molar-refractivity contribution in [2.75, 3.05) is 31.9 Å². The SMILES string of the molecule is CCCS(=O)(=O)N1CCC(C(=O)N2CCCCC2CC(=O)NCC)CC1. The van der Waals surface area contributed by atoms with Crippen LogP contribution in [0, 0.1) is 5.92 Å². The number of nitrogens with zero attached hydrogens (tertiary/aromatic N) is 2. The zero-order valence-electron chi connectivity index (χ0n) is 16.1. The molecular formula is C18H33N3O4S. The second kappa shape index (κ2) is 9.69. The first kappa shape index (κ1) is 21.2. The number of likely N-dealkylation sites (tertiary alicyclic amines) is 1. The first-order chi connectivity index (χ1) is 12.4. The van der Waals surface area contributed by atoms with E-state index in [2.05, 4.69) is 5.32 Å². The molecule has 2 aliphatic heterocycles. The van der Waals surface area contributed by atoms with Crippen molar-refractivity contribution in [2.45, 2.75) is 64.8 Å². The molecule has 1 N–H and O–H groups in total. The third-order valence-corrected chi connectivity index (χ3v) is 7.44. The van der Waals surface area contributed by atoms with Crippen LogP contribution in [0.3, 0.4) is 0 Å². The van der Waals surface area contributed by atoms with Crippen molar-refractivity contribution < 1.29 is 18.0 Å². The minimum absolute atomic E-state index is 0.00215. The summed E-state index contributed by atoms with van der Waals surface area (Å²) in [5.41, 5.74) is 0. The largest absolute Gasteiger partial charge is 0.356 e. The van der Waals surface area contributed by atoms with Gasteiger partial charge in [-0.3, -0.25) is 9.59 Å². The first-order valence-corrected chi connectivity index (χ1v) is 11.5. The monoisotopic (exact) mass is 387 g/mol. The Balaban J connectivity index is 1.94. The van der Waals surface area contributed by atoms with E-state index < -0.39 is 10.0 Å². The Morgan fingerprint density at radius 1 is 1.04 bits per heavy atom. The standard InChI is InChI=1S/C18H33N3O4S/c1-3-13-26(24,25)20-11-8-15(9-12-20)18(23)21-10-6-5-7-16(21)14-17(22)19-4-2/h15-16H,3-14H2,1-2H3,(H,19,22). The van der Waals surface area contributed by atoms with Gasteiger partial charge in [0.15, 0.2) is 0 Å². The van der Waals surface area contributed by atoms with Gasteiger partial charge in [0.25, 0.3) is 0 Å². The molecule has 0 aromatic heterocycles. The van der Waals surface area contributed by atoms with Crippen molar-refractivity contribution in [1.82, 2.24) is 14.5 Å². The highest BCUT2D eigenvalue weighted by Crippen LogP contribution is 2.27. The molecule has 0 radical (unpaired) electrons. The van der Waals surface area contributed by atoms with Crippen molar-refractivity contribution in [2.24, 2.45) is 5.92 Å². The molecule has 0 aromatic rings. The molecule has 0 saturated carbocycles. The van der Waals surface area contributed by atoms with E-state index in [1.54, 1.807) is 0 Å². The minimum Gasteiger partial charge on any atom is -0.356 e. The van der Waals surface area contributed by atoms with E-state index in [1.165, 1.54) is 4.31 Å². The molecule has 2 amide bonds. The Bertz CT molecular complexity index is 585. The van der Waals surface area contributed by atoms with Crippen LogP contribution in [0.1, 0.15) is 58.8 Å². The lowest BCUT2D eigenvalue weighted by molar-refractivity contribution is -0.141. The van der Waals surface area contributed by atoms with Gasteiger partial charge in [-0.15, -0.1) is 0 Å². The van der Waals surface area contributed by atoms with Gasteiger partial charge in [-0.05, 0) is 45.4 Å². The molecule has 0 aromatic carbocycles. The summed E-state index contributed by atoms with van der Waals surface area (Å²) >= 11 is 0. The second-order valence-electron chi connectivity index (χ2n) is 7.33. The number of rotatable bonds is 7. The molecule has 0 bridgehead atoms. The van der Waals surface area contributed by atoms with Crippen LogP contribution in [0.25, 0.3) is 0 Å². The van der Waals surface area contributed by atoms with E-state index in [1.807, 2.05) is 18.7 Å². The Morgan fingerprint density at radius 2 is 1.73 bits per heavy atom. The molecule has 1 atom stereocenters. The molecule has 8 heteroatoms. The van der Waals surface area contributed by atoms with Gasteiger partial charge in [-0.1, -0.05) is 6.92 Å². The summed E-state index contributed by atoms with van der Waals surface area (Å²) in [7, 11) is -3.18. The van der Waals surface area contributed by atoms with Crippen molar-refractivity contribution in [1.29, 1.82) is 0 Å². The Hall–Kier alpha value is -1.15. The van der Waals surface area contributed by atoms with Gasteiger partial charge >= 0.3 is 0 Å². The molecule has 2 rings (SSSR count). The summed E-state index contributed by atoms with van der Waals surface area (Å²) in [6.07, 6.45) is 5.01. The number of amides is 2. The van der Waals surface area contributed by atoms with Crippen molar-refractivity contribution in [3.8, 4) is 0 Å². The van der Waals surface area contributed by atoms with Crippen molar-refractivity contribution in [3.05, 3.63) is 0 Å². The van der Waals surface area contributed by atoms with Crippen LogP contribution in [0.4, 0.5) is 0 Å². The second-order valence-corrected chi connectivity index (χ2v) is 9.42. The van der Waals surface area contributed by atoms with E-state index in [0.717, 1.165) is 19.3 Å². The third-order valence-electron chi connectivity index (χ3n) is 5.36. The molecule has 0 spiro atoms. The zero-order chi connectivity index (χ0) is 19.2. The number of piperidine rings is 2. The molecule has 0 aliphatic carbocycles. The maximum Gasteiger partial charge on any atom is 0.226 e. The smallest absolute Gasteiger partial charge is 0.226 e. The lowest BCUT2D eigenvalue weighted by Gasteiger charge is -2.39. The van der Waals surface area contributed by atoms with Crippen LogP contribution in [0.5, 0.6) is 0 Å². The molecule has 2 aliphatic rings. The lowest BCUT2D eigenvalue weighted by Crippen LogP contribution is -2.50. The molecule has 2 heterocycles. The minimum atomic E-state index is -3.18. The third kappa shape index (κ3) is 5.42. The molecule has 150 valence electrons. The zero-order valence-corrected chi connectivity index (χ0v) is 16.9. The van der Waals surface area contributed by atoms with E-state index >= 15 is 0 Å². The van der Waals surface area contributed by atoms with Crippen LogP contribution < -0.4 is 5.32 Å². The summed E-state index contributed by atoms with van der Waals surface area (Å²) in [4.78, 5) is 26.8. The lowest BCUT2D eigenvalue weighted by atomic mass is 9.92. The fourth-order valence-electron chi connectivity index (χ4n) is 3.99. The number of carbonyl (C=O) groups is 2. The number of nitrogens with one attached hydrogen (secondary N) is 1. The Kier molecular flexibility index (Phi) is 7.88. The van der Waals surface area contributed by atoms with Crippen LogP contribution >= 0.6 is 0 Å². The highest BCUT2D eigenvalue weighted by Gasteiger charge is 2.36. The summed E-state index contributed by atoms with van der Waals surface area (Å²) < 4.78 is 25.9. The number of hydrogen-bond acceptors (Lipinski definition) is 4. The van der Waals surface area contributed by atoms with Gasteiger partial charge in [-0.2, -0.15) is 0 Å². The maximum atomic E-state index is 13.0. The van der Waals surface area contributed by atoms with E-state index in [-0.39, 0.29) is 29.5 Å². The average Bonchev–Trinajstić information content (AvgIpc) is 2.62. The molecule has 2 fully saturated rings. The molecular weight excluding hydrogens is 354 g/mol. The van der Waals surface area contributed by atoms with Crippen LogP contribution in [-0.4, -0.2) is 67.4 Å². The molecule has 1 unspecified atom stereocenters. The number of sulfonamides is 1. The van der Waals surface area contributed by atoms with Gasteiger partial charge in [-0.25, -0.2) is 12.7 Å². The highest BCUT2D eigenvalue weighted by atomic mass is 32.2. The number of carbonyl (C=O) groups excluding carboxylic acids is 2. The van der Waals surface area contributed by atoms with E-state index in [4.69, 9.17) is 0 Å². The molecule has 7 nitrogen and oxygen atoms in total. The van der Waals surface area contributed by atoms with Crippen molar-refractivity contribution in [3.63, 3.8) is 0 Å². The fourth-order valence-corrected chi connectivity index (χ4v) is 5.53. The molecule has 2 saturated heterocycles. The average molecular weight is 388 g/mol. The summed E-state index contributed by atoms with van der Waals surface area (Å²) in [6.45, 7) is 5.91. The number of hydrogen-bond donors (Lipinski definition) is 1. The van der Waals surface area contributed by atoms with Gasteiger partial charge in [0, 0.05) is 44.6 Å². The van der Waals surface area contributed by atoms with Crippen molar-refractivity contribution >= 4 is 21.8 Å². The maximum absolute atomic E-state index is 13.0. The predicted molar refractivity (Wildman–Crippen MR) is 101 cm³/mol. The normalized spacial score (nSPS) is 23.0. The molecule has 26 heavy (non-hydrogen) atoms.